The molecule has 0 spiro atoms. The molecule has 0 aromatic heterocycles. The molecule has 2 rings (SSSR count). The molecule has 9 heteroatoms. The molecule has 23 heavy (non-hydrogen) atoms. The van der Waals surface area contributed by atoms with Crippen LogP contribution in [0.3, 0.4) is 0 Å². The van der Waals surface area contributed by atoms with Gasteiger partial charge in [-0.2, -0.15) is 12.7 Å². The van der Waals surface area contributed by atoms with Crippen LogP contribution in [0.2, 0.25) is 0 Å². The van der Waals surface area contributed by atoms with Gasteiger partial charge in [-0.3, -0.25) is 0 Å². The molecule has 1 aromatic rings. The zero-order valence-corrected chi connectivity index (χ0v) is 13.5. The molecule has 0 atom stereocenters. The second-order valence-corrected chi connectivity index (χ2v) is 6.64. The van der Waals surface area contributed by atoms with E-state index in [0.29, 0.717) is 13.1 Å². The summed E-state index contributed by atoms with van der Waals surface area (Å²) in [6.07, 6.45) is 3.00. The molecule has 4 N–H and O–H groups in total. The SMILES string of the molecule is Cc1c(C(=O)O)cccc1C(=O)O.NS(=O)(=O)N1CCCCC1. The second-order valence-electron chi connectivity index (χ2n) is 5.09. The lowest BCUT2D eigenvalue weighted by Crippen LogP contribution is -2.40. The summed E-state index contributed by atoms with van der Waals surface area (Å²) in [5.41, 5.74) is 0.335. The number of hydrogen-bond acceptors (Lipinski definition) is 4. The van der Waals surface area contributed by atoms with Gasteiger partial charge in [0.1, 0.15) is 0 Å². The van der Waals surface area contributed by atoms with E-state index in [1.807, 2.05) is 0 Å². The first-order valence-corrected chi connectivity index (χ1v) is 8.49. The molecule has 1 aliphatic heterocycles. The van der Waals surface area contributed by atoms with Crippen molar-refractivity contribution in [3.63, 3.8) is 0 Å². The number of rotatable bonds is 3. The van der Waals surface area contributed by atoms with Crippen molar-refractivity contribution in [2.24, 2.45) is 5.14 Å². The summed E-state index contributed by atoms with van der Waals surface area (Å²) in [5.74, 6) is -2.22. The zero-order valence-electron chi connectivity index (χ0n) is 12.7. The summed E-state index contributed by atoms with van der Waals surface area (Å²) in [4.78, 5) is 21.2. The molecule has 0 unspecified atom stereocenters. The van der Waals surface area contributed by atoms with Crippen LogP contribution in [0.1, 0.15) is 45.5 Å². The number of carbonyl (C=O) groups is 2. The highest BCUT2D eigenvalue weighted by Crippen LogP contribution is 2.13. The molecule has 128 valence electrons. The van der Waals surface area contributed by atoms with Crippen LogP contribution in [0, 0.1) is 6.92 Å². The van der Waals surface area contributed by atoms with Gasteiger partial charge in [-0.15, -0.1) is 0 Å². The van der Waals surface area contributed by atoms with Crippen molar-refractivity contribution in [1.82, 2.24) is 4.31 Å². The van der Waals surface area contributed by atoms with Gasteiger partial charge in [-0.1, -0.05) is 12.5 Å². The van der Waals surface area contributed by atoms with Gasteiger partial charge >= 0.3 is 11.9 Å². The molecule has 1 aromatic carbocycles. The van der Waals surface area contributed by atoms with Crippen LogP contribution in [-0.2, 0) is 10.2 Å². The van der Waals surface area contributed by atoms with Crippen LogP contribution in [0.15, 0.2) is 18.2 Å². The van der Waals surface area contributed by atoms with E-state index in [1.54, 1.807) is 0 Å². The Morgan fingerprint density at radius 3 is 1.78 bits per heavy atom. The standard InChI is InChI=1S/C9H8O4.C5H12N2O2S/c1-5-6(8(10)11)3-2-4-7(5)9(12)13;6-10(8,9)7-4-2-1-3-5-7/h2-4H,1H3,(H,10,11)(H,12,13);1-5H2,(H2,6,8,9). The number of nitrogens with two attached hydrogens (primary N) is 1. The highest BCUT2D eigenvalue weighted by Gasteiger charge is 2.18. The van der Waals surface area contributed by atoms with Crippen molar-refractivity contribution in [2.45, 2.75) is 26.2 Å². The molecule has 1 saturated heterocycles. The Bertz CT molecular complexity index is 648. The Hall–Kier alpha value is -1.97. The first kappa shape index (κ1) is 19.1. The molecule has 0 amide bonds. The van der Waals surface area contributed by atoms with E-state index in [9.17, 15) is 18.0 Å². The average molecular weight is 344 g/mol. The first-order chi connectivity index (χ1) is 10.6. The Morgan fingerprint density at radius 2 is 1.48 bits per heavy atom. The van der Waals surface area contributed by atoms with Crippen molar-refractivity contribution in [2.75, 3.05) is 13.1 Å². The van der Waals surface area contributed by atoms with Gasteiger partial charge in [0.15, 0.2) is 0 Å². The largest absolute Gasteiger partial charge is 0.478 e. The third-order valence-electron chi connectivity index (χ3n) is 3.47. The van der Waals surface area contributed by atoms with Crippen molar-refractivity contribution < 1.29 is 28.2 Å². The molecular formula is C14H20N2O6S. The van der Waals surface area contributed by atoms with E-state index in [-0.39, 0.29) is 16.7 Å². The fourth-order valence-electron chi connectivity index (χ4n) is 2.22. The molecule has 8 nitrogen and oxygen atoms in total. The minimum absolute atomic E-state index is 0.0277. The predicted molar refractivity (Wildman–Crippen MR) is 83.6 cm³/mol. The number of piperidine rings is 1. The lowest BCUT2D eigenvalue weighted by molar-refractivity contribution is 0.0696. The molecular weight excluding hydrogens is 324 g/mol. The molecule has 0 aliphatic carbocycles. The van der Waals surface area contributed by atoms with E-state index in [0.717, 1.165) is 19.3 Å². The lowest BCUT2D eigenvalue weighted by Gasteiger charge is -2.23. The van der Waals surface area contributed by atoms with Gasteiger partial charge in [0.05, 0.1) is 11.1 Å². The van der Waals surface area contributed by atoms with Crippen LogP contribution in [0.4, 0.5) is 0 Å². The maximum atomic E-state index is 10.7. The van der Waals surface area contributed by atoms with Crippen LogP contribution >= 0.6 is 0 Å². The number of hydrogen-bond donors (Lipinski definition) is 3. The minimum Gasteiger partial charge on any atom is -0.478 e. The lowest BCUT2D eigenvalue weighted by atomic mass is 10.0. The topological polar surface area (TPSA) is 138 Å². The minimum atomic E-state index is -3.39. The van der Waals surface area contributed by atoms with Crippen molar-refractivity contribution in [3.8, 4) is 0 Å². The van der Waals surface area contributed by atoms with Crippen molar-refractivity contribution in [3.05, 3.63) is 34.9 Å². The monoisotopic (exact) mass is 344 g/mol. The summed E-state index contributed by atoms with van der Waals surface area (Å²) < 4.78 is 22.7. The van der Waals surface area contributed by atoms with Crippen molar-refractivity contribution >= 4 is 22.1 Å². The third-order valence-corrected chi connectivity index (χ3v) is 4.55. The van der Waals surface area contributed by atoms with Gasteiger partial charge in [0.25, 0.3) is 10.2 Å². The first-order valence-electron chi connectivity index (χ1n) is 6.98. The maximum absolute atomic E-state index is 10.7. The van der Waals surface area contributed by atoms with Crippen LogP contribution in [-0.4, -0.2) is 48.0 Å². The quantitative estimate of drug-likeness (QED) is 0.749. The van der Waals surface area contributed by atoms with E-state index >= 15 is 0 Å². The Labute approximate surface area is 134 Å². The number of carboxylic acid groups (broad SMARTS) is 2. The number of nitrogens with zero attached hydrogens (tertiary/aromatic N) is 1. The zero-order chi connectivity index (χ0) is 17.6. The predicted octanol–water partition coefficient (Wildman–Crippen LogP) is 1.07. The van der Waals surface area contributed by atoms with Crippen LogP contribution < -0.4 is 5.14 Å². The Morgan fingerprint density at radius 1 is 1.04 bits per heavy atom. The van der Waals surface area contributed by atoms with Crippen molar-refractivity contribution in [1.29, 1.82) is 0 Å². The summed E-state index contributed by atoms with van der Waals surface area (Å²) in [7, 11) is -3.39. The van der Waals surface area contributed by atoms with Crippen LogP contribution in [0.25, 0.3) is 0 Å². The fraction of sp³-hybridized carbons (Fsp3) is 0.429. The fourth-order valence-corrected chi connectivity index (χ4v) is 2.99. The summed E-state index contributed by atoms with van der Waals surface area (Å²) in [5, 5.41) is 22.3. The van der Waals surface area contributed by atoms with Gasteiger partial charge in [0, 0.05) is 13.1 Å². The smallest absolute Gasteiger partial charge is 0.335 e. The highest BCUT2D eigenvalue weighted by atomic mass is 32.2. The maximum Gasteiger partial charge on any atom is 0.335 e. The molecule has 0 radical (unpaired) electrons. The van der Waals surface area contributed by atoms with Gasteiger partial charge in [-0.25, -0.2) is 14.7 Å². The van der Waals surface area contributed by atoms with E-state index in [1.165, 1.54) is 29.4 Å². The third kappa shape index (κ3) is 5.62. The molecule has 1 fully saturated rings. The Balaban J connectivity index is 0.000000238. The van der Waals surface area contributed by atoms with Gasteiger partial charge in [0.2, 0.25) is 0 Å². The van der Waals surface area contributed by atoms with Gasteiger partial charge < -0.3 is 10.2 Å². The summed E-state index contributed by atoms with van der Waals surface area (Å²) >= 11 is 0. The van der Waals surface area contributed by atoms with Crippen LogP contribution in [0.5, 0.6) is 0 Å². The average Bonchev–Trinajstić information content (AvgIpc) is 2.47. The number of benzene rings is 1. The normalized spacial score (nSPS) is 15.4. The molecule has 1 heterocycles. The number of carboxylic acids is 2. The van der Waals surface area contributed by atoms with Gasteiger partial charge in [-0.05, 0) is 37.5 Å². The summed E-state index contributed by atoms with van der Waals surface area (Å²) in [6, 6.07) is 4.17. The highest BCUT2D eigenvalue weighted by molar-refractivity contribution is 7.86. The summed E-state index contributed by atoms with van der Waals surface area (Å²) in [6.45, 7) is 2.67. The van der Waals surface area contributed by atoms with E-state index < -0.39 is 22.1 Å². The second kappa shape index (κ2) is 8.04. The molecule has 1 aliphatic rings. The van der Waals surface area contributed by atoms with E-state index in [4.69, 9.17) is 15.4 Å². The molecule has 0 saturated carbocycles. The molecule has 0 bridgehead atoms. The van der Waals surface area contributed by atoms with E-state index in [2.05, 4.69) is 0 Å². The Kier molecular flexibility index (Phi) is 6.67. The number of aromatic carboxylic acids is 2.